The van der Waals surface area contributed by atoms with E-state index < -0.39 is 0 Å². The molecular formula is C14H22N2OS. The fourth-order valence-corrected chi connectivity index (χ4v) is 3.22. The predicted molar refractivity (Wildman–Crippen MR) is 75.6 cm³/mol. The minimum atomic E-state index is 0.192. The van der Waals surface area contributed by atoms with E-state index in [0.717, 1.165) is 32.4 Å². The minimum Gasteiger partial charge on any atom is -0.342 e. The Morgan fingerprint density at radius 1 is 1.67 bits per heavy atom. The maximum Gasteiger partial charge on any atom is 0.222 e. The van der Waals surface area contributed by atoms with Gasteiger partial charge in [-0.3, -0.25) is 4.79 Å². The second-order valence-corrected chi connectivity index (χ2v) is 6.21. The Balaban J connectivity index is 1.81. The number of nitrogens with zero attached hydrogens (tertiary/aromatic N) is 1. The molecule has 2 N–H and O–H groups in total. The highest BCUT2D eigenvalue weighted by molar-refractivity contribution is 7.09. The lowest BCUT2D eigenvalue weighted by Crippen LogP contribution is -2.45. The Morgan fingerprint density at radius 2 is 2.50 bits per heavy atom. The van der Waals surface area contributed by atoms with Crippen LogP contribution in [0, 0.1) is 5.92 Å². The quantitative estimate of drug-likeness (QED) is 0.908. The van der Waals surface area contributed by atoms with Gasteiger partial charge in [-0.25, -0.2) is 0 Å². The van der Waals surface area contributed by atoms with Crippen LogP contribution < -0.4 is 5.73 Å². The van der Waals surface area contributed by atoms with Gasteiger partial charge in [0.05, 0.1) is 0 Å². The summed E-state index contributed by atoms with van der Waals surface area (Å²) in [4.78, 5) is 15.5. The monoisotopic (exact) mass is 266 g/mol. The van der Waals surface area contributed by atoms with Crippen LogP contribution in [0.3, 0.4) is 0 Å². The van der Waals surface area contributed by atoms with E-state index >= 15 is 0 Å². The summed E-state index contributed by atoms with van der Waals surface area (Å²) < 4.78 is 0. The third-order valence-electron chi connectivity index (χ3n) is 3.72. The number of carbonyl (C=O) groups excluding carboxylic acids is 1. The second-order valence-electron chi connectivity index (χ2n) is 5.18. The van der Waals surface area contributed by atoms with Crippen molar-refractivity contribution in [3.05, 3.63) is 22.4 Å². The molecule has 1 aromatic heterocycles. The Kier molecular flexibility index (Phi) is 4.78. The van der Waals surface area contributed by atoms with Gasteiger partial charge in [0.1, 0.15) is 0 Å². The molecule has 3 nitrogen and oxygen atoms in total. The molecule has 1 amide bonds. The van der Waals surface area contributed by atoms with Gasteiger partial charge in [0.25, 0.3) is 0 Å². The molecule has 1 saturated heterocycles. The first-order valence-corrected chi connectivity index (χ1v) is 7.60. The fraction of sp³-hybridized carbons (Fsp3) is 0.643. The third-order valence-corrected chi connectivity index (χ3v) is 4.66. The molecule has 2 heterocycles. The highest BCUT2D eigenvalue weighted by Crippen LogP contribution is 2.20. The van der Waals surface area contributed by atoms with Crippen LogP contribution in [0.15, 0.2) is 17.5 Å². The number of rotatable bonds is 4. The first-order chi connectivity index (χ1) is 8.66. The zero-order valence-electron chi connectivity index (χ0n) is 11.0. The van der Waals surface area contributed by atoms with Crippen LogP contribution in [0.2, 0.25) is 0 Å². The van der Waals surface area contributed by atoms with Crippen molar-refractivity contribution < 1.29 is 4.79 Å². The number of carbonyl (C=O) groups is 1. The Labute approximate surface area is 113 Å². The molecule has 1 aliphatic heterocycles. The van der Waals surface area contributed by atoms with Crippen LogP contribution in [-0.2, 0) is 11.2 Å². The number of thiophene rings is 1. The Bertz CT molecular complexity index is 375. The fourth-order valence-electron chi connectivity index (χ4n) is 2.51. The number of aryl methyl sites for hydroxylation is 1. The van der Waals surface area contributed by atoms with Gasteiger partial charge in [-0.2, -0.15) is 0 Å². The van der Waals surface area contributed by atoms with Crippen molar-refractivity contribution in [2.24, 2.45) is 11.7 Å². The summed E-state index contributed by atoms with van der Waals surface area (Å²) in [5, 5.41) is 2.06. The maximum absolute atomic E-state index is 12.2. The first kappa shape index (κ1) is 13.6. The summed E-state index contributed by atoms with van der Waals surface area (Å²) in [5.41, 5.74) is 5.94. The highest BCUT2D eigenvalue weighted by atomic mass is 32.1. The third kappa shape index (κ3) is 3.56. The summed E-state index contributed by atoms with van der Waals surface area (Å²) >= 11 is 1.73. The summed E-state index contributed by atoms with van der Waals surface area (Å²) in [6, 6.07) is 4.33. The van der Waals surface area contributed by atoms with E-state index in [1.165, 1.54) is 4.88 Å². The molecule has 0 aliphatic carbocycles. The molecule has 0 saturated carbocycles. The summed E-state index contributed by atoms with van der Waals surface area (Å²) in [7, 11) is 0. The molecule has 2 atom stereocenters. The molecule has 4 heteroatoms. The molecule has 0 radical (unpaired) electrons. The van der Waals surface area contributed by atoms with Gasteiger partial charge in [0.2, 0.25) is 5.91 Å². The molecule has 18 heavy (non-hydrogen) atoms. The molecule has 0 bridgehead atoms. The van der Waals surface area contributed by atoms with Crippen molar-refractivity contribution in [3.63, 3.8) is 0 Å². The van der Waals surface area contributed by atoms with Gasteiger partial charge < -0.3 is 10.6 Å². The number of amides is 1. The van der Waals surface area contributed by atoms with Gasteiger partial charge in [-0.15, -0.1) is 11.3 Å². The molecule has 1 fully saturated rings. The van der Waals surface area contributed by atoms with Crippen molar-refractivity contribution in [1.82, 2.24) is 4.90 Å². The molecule has 0 unspecified atom stereocenters. The van der Waals surface area contributed by atoms with Crippen LogP contribution >= 0.6 is 11.3 Å². The summed E-state index contributed by atoms with van der Waals surface area (Å²) in [6.07, 6.45) is 3.76. The Hall–Kier alpha value is -0.870. The van der Waals surface area contributed by atoms with E-state index in [1.54, 1.807) is 11.3 Å². The van der Waals surface area contributed by atoms with Crippen molar-refractivity contribution in [1.29, 1.82) is 0 Å². The zero-order chi connectivity index (χ0) is 13.0. The molecule has 100 valence electrons. The average molecular weight is 266 g/mol. The van der Waals surface area contributed by atoms with Crippen molar-refractivity contribution in [2.75, 3.05) is 13.1 Å². The zero-order valence-corrected chi connectivity index (χ0v) is 11.8. The Morgan fingerprint density at radius 3 is 3.17 bits per heavy atom. The van der Waals surface area contributed by atoms with Gasteiger partial charge in [-0.05, 0) is 43.6 Å². The van der Waals surface area contributed by atoms with Gasteiger partial charge in [0, 0.05) is 30.4 Å². The van der Waals surface area contributed by atoms with E-state index in [-0.39, 0.29) is 11.9 Å². The number of piperidine rings is 1. The highest BCUT2D eigenvalue weighted by Gasteiger charge is 2.25. The predicted octanol–water partition coefficient (Wildman–Crippen LogP) is 2.27. The smallest absolute Gasteiger partial charge is 0.222 e. The molecule has 1 aliphatic rings. The van der Waals surface area contributed by atoms with Crippen LogP contribution in [-0.4, -0.2) is 29.9 Å². The normalized spacial score (nSPS) is 21.9. The van der Waals surface area contributed by atoms with E-state index in [0.29, 0.717) is 12.3 Å². The van der Waals surface area contributed by atoms with E-state index in [2.05, 4.69) is 11.4 Å². The van der Waals surface area contributed by atoms with Gasteiger partial charge in [0.15, 0.2) is 0 Å². The van der Waals surface area contributed by atoms with E-state index in [9.17, 15) is 4.79 Å². The van der Waals surface area contributed by atoms with Crippen molar-refractivity contribution >= 4 is 17.2 Å². The number of likely N-dealkylation sites (tertiary alicyclic amines) is 1. The van der Waals surface area contributed by atoms with E-state index in [1.807, 2.05) is 17.9 Å². The maximum atomic E-state index is 12.2. The van der Waals surface area contributed by atoms with Crippen LogP contribution in [0.25, 0.3) is 0 Å². The lowest BCUT2D eigenvalue weighted by Gasteiger charge is -2.34. The van der Waals surface area contributed by atoms with Crippen LogP contribution in [0.4, 0.5) is 0 Å². The standard InChI is InChI=1S/C14H22N2OS/c1-11(15)12-4-2-8-16(10-12)14(17)7-6-13-5-3-9-18-13/h3,5,9,11-12H,2,4,6-8,10,15H2,1H3/t11-,12+/m1/s1. The van der Waals surface area contributed by atoms with Crippen LogP contribution in [0.1, 0.15) is 31.1 Å². The van der Waals surface area contributed by atoms with Crippen molar-refractivity contribution in [3.8, 4) is 0 Å². The molecule has 2 rings (SSSR count). The molecule has 0 aromatic carbocycles. The topological polar surface area (TPSA) is 46.3 Å². The van der Waals surface area contributed by atoms with Crippen molar-refractivity contribution in [2.45, 2.75) is 38.6 Å². The second kappa shape index (κ2) is 6.34. The lowest BCUT2D eigenvalue weighted by molar-refractivity contribution is -0.133. The minimum absolute atomic E-state index is 0.192. The lowest BCUT2D eigenvalue weighted by atomic mass is 9.92. The number of nitrogens with two attached hydrogens (primary N) is 1. The molecular weight excluding hydrogens is 244 g/mol. The summed E-state index contributed by atoms with van der Waals surface area (Å²) in [6.45, 7) is 3.80. The molecule has 0 spiro atoms. The van der Waals surface area contributed by atoms with Gasteiger partial charge >= 0.3 is 0 Å². The SMILES string of the molecule is C[C@@H](N)[C@H]1CCCN(C(=O)CCc2cccs2)C1. The number of hydrogen-bond acceptors (Lipinski definition) is 3. The molecule has 1 aromatic rings. The largest absolute Gasteiger partial charge is 0.342 e. The average Bonchev–Trinajstić information content (AvgIpc) is 2.89. The summed E-state index contributed by atoms with van der Waals surface area (Å²) in [5.74, 6) is 0.762. The number of hydrogen-bond donors (Lipinski definition) is 1. The van der Waals surface area contributed by atoms with E-state index in [4.69, 9.17) is 5.73 Å². The van der Waals surface area contributed by atoms with Gasteiger partial charge in [-0.1, -0.05) is 6.07 Å². The van der Waals surface area contributed by atoms with Crippen LogP contribution in [0.5, 0.6) is 0 Å². The first-order valence-electron chi connectivity index (χ1n) is 6.72.